The van der Waals surface area contributed by atoms with E-state index >= 15 is 0 Å². The third-order valence-corrected chi connectivity index (χ3v) is 3.96. The largest absolute Gasteiger partial charge is 0.423 e. The third-order valence-electron chi connectivity index (χ3n) is 3.72. The first-order valence-electron chi connectivity index (χ1n) is 7.52. The van der Waals surface area contributed by atoms with Gasteiger partial charge < -0.3 is 4.74 Å². The Bertz CT molecular complexity index is 1100. The lowest BCUT2D eigenvalue weighted by molar-refractivity contribution is 0.0733. The van der Waals surface area contributed by atoms with Gasteiger partial charge >= 0.3 is 11.7 Å². The molecule has 2 aromatic heterocycles. The van der Waals surface area contributed by atoms with Crippen molar-refractivity contribution in [3.05, 3.63) is 67.4 Å². The first-order chi connectivity index (χ1) is 11.9. The number of halogens is 1. The third kappa shape index (κ3) is 3.18. The molecule has 1 aromatic carbocycles. The summed E-state index contributed by atoms with van der Waals surface area (Å²) in [6.45, 7) is 3.86. The summed E-state index contributed by atoms with van der Waals surface area (Å²) >= 11 is 5.88. The van der Waals surface area contributed by atoms with Crippen molar-refractivity contribution >= 4 is 28.6 Å². The number of ether oxygens (including phenoxy) is 1. The molecule has 3 rings (SSSR count). The molecule has 0 aliphatic carbocycles. The minimum atomic E-state index is -0.659. The molecule has 0 saturated carbocycles. The molecule has 2 heterocycles. The molecule has 7 nitrogen and oxygen atoms in total. The zero-order valence-electron chi connectivity index (χ0n) is 13.5. The van der Waals surface area contributed by atoms with Crippen LogP contribution >= 0.6 is 11.6 Å². The molecule has 0 spiro atoms. The molecule has 25 heavy (non-hydrogen) atoms. The Hall–Kier alpha value is -2.93. The van der Waals surface area contributed by atoms with Gasteiger partial charge in [-0.25, -0.2) is 14.6 Å². The lowest BCUT2D eigenvalue weighted by atomic mass is 10.2. The number of aryl methyl sites for hydroxylation is 2. The van der Waals surface area contributed by atoms with Crippen molar-refractivity contribution in [3.8, 4) is 5.75 Å². The number of benzene rings is 1. The summed E-state index contributed by atoms with van der Waals surface area (Å²) in [5.41, 5.74) is -0.120. The van der Waals surface area contributed by atoms with Crippen LogP contribution in [0.3, 0.4) is 0 Å². The molecule has 3 aromatic rings. The Labute approximate surface area is 146 Å². The number of hydrogen-bond donors (Lipinski definition) is 1. The predicted octanol–water partition coefficient (Wildman–Crippen LogP) is 2.29. The second-order valence-corrected chi connectivity index (χ2v) is 5.83. The van der Waals surface area contributed by atoms with Crippen LogP contribution < -0.4 is 16.0 Å². The number of aromatic amines is 1. The van der Waals surface area contributed by atoms with E-state index in [4.69, 9.17) is 16.3 Å². The Morgan fingerprint density at radius 3 is 2.76 bits per heavy atom. The van der Waals surface area contributed by atoms with E-state index in [2.05, 4.69) is 9.97 Å². The maximum Gasteiger partial charge on any atom is 0.345 e. The summed E-state index contributed by atoms with van der Waals surface area (Å²) in [4.78, 5) is 42.4. The van der Waals surface area contributed by atoms with E-state index < -0.39 is 17.2 Å². The number of rotatable bonds is 3. The van der Waals surface area contributed by atoms with E-state index in [-0.39, 0.29) is 16.6 Å². The molecule has 0 saturated heterocycles. The minimum absolute atomic E-state index is 0.105. The second kappa shape index (κ2) is 6.52. The van der Waals surface area contributed by atoms with Crippen molar-refractivity contribution in [2.45, 2.75) is 20.4 Å². The van der Waals surface area contributed by atoms with Gasteiger partial charge in [0.2, 0.25) is 0 Å². The van der Waals surface area contributed by atoms with Crippen molar-refractivity contribution < 1.29 is 9.53 Å². The molecule has 128 valence electrons. The molecule has 8 heteroatoms. The Morgan fingerprint density at radius 2 is 2.08 bits per heavy atom. The molecular formula is C17H14ClN3O4. The smallest absolute Gasteiger partial charge is 0.345 e. The van der Waals surface area contributed by atoms with Crippen molar-refractivity contribution in [2.75, 3.05) is 0 Å². The number of nitrogens with zero attached hydrogens (tertiary/aromatic N) is 2. The molecule has 0 unspecified atom stereocenters. The summed E-state index contributed by atoms with van der Waals surface area (Å²) in [5, 5.41) is 0.678. The van der Waals surface area contributed by atoms with Crippen LogP contribution in [-0.2, 0) is 6.54 Å². The molecule has 0 amide bonds. The lowest BCUT2D eigenvalue weighted by Gasteiger charge is -2.09. The van der Waals surface area contributed by atoms with E-state index in [1.807, 2.05) is 0 Å². The van der Waals surface area contributed by atoms with Crippen LogP contribution in [0, 0.1) is 6.92 Å². The molecule has 0 aliphatic rings. The van der Waals surface area contributed by atoms with E-state index in [1.165, 1.54) is 16.8 Å². The fourth-order valence-corrected chi connectivity index (χ4v) is 2.69. The number of aromatic nitrogens is 3. The number of carbonyl (C=O) groups is 1. The highest BCUT2D eigenvalue weighted by Crippen LogP contribution is 2.23. The zero-order chi connectivity index (χ0) is 18.1. The number of pyridine rings is 1. The summed E-state index contributed by atoms with van der Waals surface area (Å²) in [6, 6.07) is 6.24. The highest BCUT2D eigenvalue weighted by Gasteiger charge is 2.15. The first kappa shape index (κ1) is 16.9. The van der Waals surface area contributed by atoms with Gasteiger partial charge in [0.1, 0.15) is 11.4 Å². The summed E-state index contributed by atoms with van der Waals surface area (Å²) in [7, 11) is 0. The van der Waals surface area contributed by atoms with E-state index in [1.54, 1.807) is 32.0 Å². The molecular weight excluding hydrogens is 346 g/mol. The second-order valence-electron chi connectivity index (χ2n) is 5.40. The summed E-state index contributed by atoms with van der Waals surface area (Å²) in [5.74, 6) is -0.296. The summed E-state index contributed by atoms with van der Waals surface area (Å²) in [6.07, 6.45) is 1.28. The Kier molecular flexibility index (Phi) is 4.41. The molecule has 0 bridgehead atoms. The van der Waals surface area contributed by atoms with Crippen molar-refractivity contribution in [2.24, 2.45) is 0 Å². The first-order valence-corrected chi connectivity index (χ1v) is 7.89. The van der Waals surface area contributed by atoms with Crippen LogP contribution in [0.5, 0.6) is 5.75 Å². The summed E-state index contributed by atoms with van der Waals surface area (Å²) < 4.78 is 6.65. The van der Waals surface area contributed by atoms with E-state index in [9.17, 15) is 14.4 Å². The van der Waals surface area contributed by atoms with Gasteiger partial charge in [0.15, 0.2) is 0 Å². The lowest BCUT2D eigenvalue weighted by Crippen LogP contribution is -2.30. The Morgan fingerprint density at radius 1 is 1.32 bits per heavy atom. The van der Waals surface area contributed by atoms with Crippen LogP contribution in [-0.4, -0.2) is 20.5 Å². The maximum atomic E-state index is 12.4. The zero-order valence-corrected chi connectivity index (χ0v) is 14.3. The van der Waals surface area contributed by atoms with Crippen LogP contribution in [0.25, 0.3) is 11.0 Å². The van der Waals surface area contributed by atoms with E-state index in [0.29, 0.717) is 22.9 Å². The average Bonchev–Trinajstić information content (AvgIpc) is 2.57. The number of hydrogen-bond acceptors (Lipinski definition) is 5. The van der Waals surface area contributed by atoms with Crippen molar-refractivity contribution in [1.82, 2.24) is 14.5 Å². The standard InChI is InChI=1S/C17H14ClN3O4/c1-3-21-14-12(15(22)20-17(21)24)7-10(8-19-14)16(23)25-13-5-4-11(18)6-9(13)2/h4-8H,3H2,1-2H3,(H,20,22,24). The van der Waals surface area contributed by atoms with Gasteiger partial charge in [-0.1, -0.05) is 11.6 Å². The monoisotopic (exact) mass is 359 g/mol. The SMILES string of the molecule is CCn1c(=O)[nH]c(=O)c2cc(C(=O)Oc3ccc(Cl)cc3C)cnc21. The predicted molar refractivity (Wildman–Crippen MR) is 93.4 cm³/mol. The normalized spacial score (nSPS) is 10.8. The topological polar surface area (TPSA) is 94.1 Å². The van der Waals surface area contributed by atoms with Crippen LogP contribution in [0.1, 0.15) is 22.8 Å². The fraction of sp³-hybridized carbons (Fsp3) is 0.176. The van der Waals surface area contributed by atoms with Gasteiger partial charge in [-0.15, -0.1) is 0 Å². The van der Waals surface area contributed by atoms with Crippen LogP contribution in [0.2, 0.25) is 5.02 Å². The number of H-pyrrole nitrogens is 1. The van der Waals surface area contributed by atoms with Crippen molar-refractivity contribution in [3.63, 3.8) is 0 Å². The highest BCUT2D eigenvalue weighted by molar-refractivity contribution is 6.30. The molecule has 0 radical (unpaired) electrons. The van der Waals surface area contributed by atoms with Crippen molar-refractivity contribution in [1.29, 1.82) is 0 Å². The van der Waals surface area contributed by atoms with Gasteiger partial charge in [-0.3, -0.25) is 14.3 Å². The number of esters is 1. The minimum Gasteiger partial charge on any atom is -0.423 e. The van der Waals surface area contributed by atoms with Gasteiger partial charge in [0.05, 0.1) is 10.9 Å². The maximum absolute atomic E-state index is 12.4. The number of fused-ring (bicyclic) bond motifs is 1. The van der Waals surface area contributed by atoms with Gasteiger partial charge in [0.25, 0.3) is 5.56 Å². The average molecular weight is 360 g/mol. The molecule has 0 atom stereocenters. The molecule has 0 fully saturated rings. The van der Waals surface area contributed by atoms with Gasteiger partial charge in [-0.05, 0) is 43.7 Å². The number of nitrogens with one attached hydrogen (secondary N) is 1. The van der Waals surface area contributed by atoms with Crippen LogP contribution in [0.15, 0.2) is 40.1 Å². The Balaban J connectivity index is 2.03. The number of carbonyl (C=O) groups excluding carboxylic acids is 1. The van der Waals surface area contributed by atoms with Gasteiger partial charge in [-0.2, -0.15) is 0 Å². The molecule has 1 N–H and O–H groups in total. The van der Waals surface area contributed by atoms with Crippen LogP contribution in [0.4, 0.5) is 0 Å². The highest BCUT2D eigenvalue weighted by atomic mass is 35.5. The van der Waals surface area contributed by atoms with E-state index in [0.717, 1.165) is 0 Å². The fourth-order valence-electron chi connectivity index (χ4n) is 2.46. The quantitative estimate of drug-likeness (QED) is 0.572. The van der Waals surface area contributed by atoms with Gasteiger partial charge in [0, 0.05) is 17.8 Å². The molecule has 0 aliphatic heterocycles.